The van der Waals surface area contributed by atoms with Gasteiger partial charge in [0.2, 0.25) is 0 Å². The maximum absolute atomic E-state index is 13.6. The van der Waals surface area contributed by atoms with Crippen LogP contribution >= 0.6 is 0 Å². The van der Waals surface area contributed by atoms with Crippen molar-refractivity contribution in [3.8, 4) is 6.07 Å². The summed E-state index contributed by atoms with van der Waals surface area (Å²) in [5, 5.41) is 11.4. The van der Waals surface area contributed by atoms with Crippen LogP contribution in [0.3, 0.4) is 0 Å². The Hall–Kier alpha value is -3.73. The van der Waals surface area contributed by atoms with Crippen molar-refractivity contribution < 1.29 is 22.4 Å². The zero-order chi connectivity index (χ0) is 21.7. The predicted octanol–water partition coefficient (Wildman–Crippen LogP) is 4.96. The molecule has 0 bridgehead atoms. The predicted molar refractivity (Wildman–Crippen MR) is 101 cm³/mol. The number of hydrogen-bond donors (Lipinski definition) is 1. The number of rotatable bonds is 5. The van der Waals surface area contributed by atoms with Gasteiger partial charge >= 0.3 is 6.18 Å². The van der Waals surface area contributed by atoms with E-state index in [0.29, 0.717) is 16.7 Å². The Morgan fingerprint density at radius 2 is 1.73 bits per heavy atom. The van der Waals surface area contributed by atoms with E-state index in [4.69, 9.17) is 5.26 Å². The molecule has 0 aliphatic carbocycles. The molecule has 0 aliphatic heterocycles. The molecule has 0 saturated heterocycles. The normalized spacial score (nSPS) is 12.1. The summed E-state index contributed by atoms with van der Waals surface area (Å²) in [4.78, 5) is 16.6. The first-order chi connectivity index (χ1) is 14.3. The molecule has 1 aromatic heterocycles. The standard InChI is InChI=1S/C22H15F4N3O/c23-12-14-3-7-16(8-4-14)19(20-18(22(24,25)26)2-1-11-28-20)29-21(30)17-9-5-15(13-27)6-10-17/h1-11,19H,12H2,(H,29,30)/t19-/m0/s1. The molecule has 8 heteroatoms. The Bertz CT molecular complexity index is 1070. The molecule has 3 aromatic rings. The molecule has 4 nitrogen and oxygen atoms in total. The van der Waals surface area contributed by atoms with Gasteiger partial charge in [0.1, 0.15) is 6.67 Å². The Balaban J connectivity index is 2.04. The number of nitrogens with one attached hydrogen (secondary N) is 1. The van der Waals surface area contributed by atoms with Gasteiger partial charge in [-0.2, -0.15) is 18.4 Å². The van der Waals surface area contributed by atoms with Crippen LogP contribution in [-0.2, 0) is 12.9 Å². The van der Waals surface area contributed by atoms with Crippen molar-refractivity contribution in [1.29, 1.82) is 5.26 Å². The molecule has 0 unspecified atom stereocenters. The van der Waals surface area contributed by atoms with Gasteiger partial charge in [0.15, 0.2) is 0 Å². The number of nitriles is 1. The van der Waals surface area contributed by atoms with E-state index in [1.807, 2.05) is 6.07 Å². The first-order valence-corrected chi connectivity index (χ1v) is 8.81. The molecule has 2 aromatic carbocycles. The fourth-order valence-electron chi connectivity index (χ4n) is 2.91. The molecule has 1 atom stereocenters. The largest absolute Gasteiger partial charge is 0.418 e. The molecular weight excluding hydrogens is 398 g/mol. The zero-order valence-corrected chi connectivity index (χ0v) is 15.4. The molecule has 3 rings (SSSR count). The molecule has 0 saturated carbocycles. The van der Waals surface area contributed by atoms with Gasteiger partial charge in [-0.25, -0.2) is 4.39 Å². The number of alkyl halides is 4. The lowest BCUT2D eigenvalue weighted by molar-refractivity contribution is -0.138. The van der Waals surface area contributed by atoms with Crippen molar-refractivity contribution in [3.05, 3.63) is 100 Å². The fraction of sp³-hybridized carbons (Fsp3) is 0.136. The summed E-state index contributed by atoms with van der Waals surface area (Å²) < 4.78 is 53.5. The van der Waals surface area contributed by atoms with E-state index in [-0.39, 0.29) is 11.3 Å². The number of carbonyl (C=O) groups is 1. The number of benzene rings is 2. The Kier molecular flexibility index (Phi) is 6.11. The van der Waals surface area contributed by atoms with Crippen molar-refractivity contribution in [2.45, 2.75) is 18.9 Å². The minimum atomic E-state index is -4.68. The third-order valence-electron chi connectivity index (χ3n) is 4.44. The van der Waals surface area contributed by atoms with E-state index in [0.717, 1.165) is 12.1 Å². The highest BCUT2D eigenvalue weighted by Crippen LogP contribution is 2.35. The third kappa shape index (κ3) is 4.63. The molecule has 0 radical (unpaired) electrons. The highest BCUT2D eigenvalue weighted by Gasteiger charge is 2.37. The van der Waals surface area contributed by atoms with Crippen LogP contribution in [0.5, 0.6) is 0 Å². The van der Waals surface area contributed by atoms with Crippen LogP contribution in [0.25, 0.3) is 0 Å². The summed E-state index contributed by atoms with van der Waals surface area (Å²) in [5.74, 6) is -0.641. The second-order valence-electron chi connectivity index (χ2n) is 6.40. The van der Waals surface area contributed by atoms with Crippen LogP contribution in [0.15, 0.2) is 66.9 Å². The number of hydrogen-bond acceptors (Lipinski definition) is 3. The van der Waals surface area contributed by atoms with Gasteiger partial charge in [0, 0.05) is 11.8 Å². The second-order valence-corrected chi connectivity index (χ2v) is 6.40. The summed E-state index contributed by atoms with van der Waals surface area (Å²) in [7, 11) is 0. The van der Waals surface area contributed by atoms with E-state index in [1.54, 1.807) is 0 Å². The average Bonchev–Trinajstić information content (AvgIpc) is 2.77. The van der Waals surface area contributed by atoms with Gasteiger partial charge < -0.3 is 5.32 Å². The summed E-state index contributed by atoms with van der Waals surface area (Å²) in [6.07, 6.45) is -3.47. The summed E-state index contributed by atoms with van der Waals surface area (Å²) in [5.41, 5.74) is -0.172. The van der Waals surface area contributed by atoms with E-state index in [1.165, 1.54) is 54.7 Å². The Morgan fingerprint density at radius 1 is 1.07 bits per heavy atom. The number of pyridine rings is 1. The number of amides is 1. The maximum Gasteiger partial charge on any atom is 0.418 e. The topological polar surface area (TPSA) is 65.8 Å². The van der Waals surface area contributed by atoms with Crippen molar-refractivity contribution in [3.63, 3.8) is 0 Å². The van der Waals surface area contributed by atoms with Crippen LogP contribution < -0.4 is 5.32 Å². The van der Waals surface area contributed by atoms with Crippen LogP contribution in [0.2, 0.25) is 0 Å². The van der Waals surface area contributed by atoms with Crippen molar-refractivity contribution in [2.75, 3.05) is 0 Å². The second kappa shape index (κ2) is 8.74. The average molecular weight is 413 g/mol. The van der Waals surface area contributed by atoms with E-state index < -0.39 is 30.4 Å². The third-order valence-corrected chi connectivity index (χ3v) is 4.44. The van der Waals surface area contributed by atoms with Crippen molar-refractivity contribution in [2.24, 2.45) is 0 Å². The lowest BCUT2D eigenvalue weighted by atomic mass is 9.97. The van der Waals surface area contributed by atoms with Crippen molar-refractivity contribution in [1.82, 2.24) is 10.3 Å². The Morgan fingerprint density at radius 3 is 2.30 bits per heavy atom. The van der Waals surface area contributed by atoms with Crippen LogP contribution in [0.4, 0.5) is 17.6 Å². The molecule has 152 valence electrons. The number of aromatic nitrogens is 1. The number of halogens is 4. The van der Waals surface area contributed by atoms with Gasteiger partial charge in [-0.3, -0.25) is 9.78 Å². The number of carbonyl (C=O) groups excluding carboxylic acids is 1. The van der Waals surface area contributed by atoms with E-state index >= 15 is 0 Å². The SMILES string of the molecule is N#Cc1ccc(C(=O)N[C@@H](c2ccc(CF)cc2)c2ncccc2C(F)(F)F)cc1. The van der Waals surface area contributed by atoms with Gasteiger partial charge in [-0.1, -0.05) is 24.3 Å². The number of nitrogens with zero attached hydrogens (tertiary/aromatic N) is 2. The van der Waals surface area contributed by atoms with Crippen LogP contribution in [-0.4, -0.2) is 10.9 Å². The summed E-state index contributed by atoms with van der Waals surface area (Å²) in [6, 6.07) is 14.2. The zero-order valence-electron chi connectivity index (χ0n) is 15.4. The first kappa shape index (κ1) is 21.0. The molecule has 1 amide bonds. The monoisotopic (exact) mass is 413 g/mol. The summed E-state index contributed by atoms with van der Waals surface area (Å²) in [6.45, 7) is -0.722. The maximum atomic E-state index is 13.6. The molecule has 1 N–H and O–H groups in total. The van der Waals surface area contributed by atoms with Crippen LogP contribution in [0, 0.1) is 11.3 Å². The van der Waals surface area contributed by atoms with Crippen molar-refractivity contribution >= 4 is 5.91 Å². The Labute approximate surface area is 169 Å². The minimum absolute atomic E-state index is 0.170. The van der Waals surface area contributed by atoms with E-state index in [9.17, 15) is 22.4 Å². The molecule has 0 aliphatic rings. The lowest BCUT2D eigenvalue weighted by Crippen LogP contribution is -2.31. The van der Waals surface area contributed by atoms with Crippen LogP contribution in [0.1, 0.15) is 44.3 Å². The molecule has 0 fully saturated rings. The van der Waals surface area contributed by atoms with Gasteiger partial charge in [0.05, 0.1) is 28.9 Å². The molecular formula is C22H15F4N3O. The molecule has 1 heterocycles. The van der Waals surface area contributed by atoms with Gasteiger partial charge in [-0.15, -0.1) is 0 Å². The van der Waals surface area contributed by atoms with Gasteiger partial charge in [-0.05, 0) is 47.5 Å². The van der Waals surface area contributed by atoms with E-state index in [2.05, 4.69) is 10.3 Å². The molecule has 30 heavy (non-hydrogen) atoms. The smallest absolute Gasteiger partial charge is 0.340 e. The highest BCUT2D eigenvalue weighted by molar-refractivity contribution is 5.94. The quantitative estimate of drug-likeness (QED) is 0.601. The molecule has 0 spiro atoms. The fourth-order valence-corrected chi connectivity index (χ4v) is 2.91. The minimum Gasteiger partial charge on any atom is -0.340 e. The lowest BCUT2D eigenvalue weighted by Gasteiger charge is -2.22. The highest BCUT2D eigenvalue weighted by atomic mass is 19.4. The van der Waals surface area contributed by atoms with Gasteiger partial charge in [0.25, 0.3) is 5.91 Å². The first-order valence-electron chi connectivity index (χ1n) is 8.81. The summed E-state index contributed by atoms with van der Waals surface area (Å²) >= 11 is 0.